The molecule has 0 aromatic carbocycles. The Bertz CT molecular complexity index is 493. The number of rotatable bonds is 2. The van der Waals surface area contributed by atoms with Gasteiger partial charge in [-0.25, -0.2) is 5.10 Å². The monoisotopic (exact) mass is 249 g/mol. The molecule has 18 heavy (non-hydrogen) atoms. The van der Waals surface area contributed by atoms with E-state index in [1.165, 1.54) is 12.1 Å². The van der Waals surface area contributed by atoms with Gasteiger partial charge in [-0.3, -0.25) is 14.4 Å². The number of amides is 1. The van der Waals surface area contributed by atoms with Crippen LogP contribution in [0.15, 0.2) is 16.9 Å². The van der Waals surface area contributed by atoms with Crippen molar-refractivity contribution in [2.24, 2.45) is 0 Å². The van der Waals surface area contributed by atoms with Crippen molar-refractivity contribution in [2.45, 2.75) is 31.7 Å². The predicted octanol–water partition coefficient (Wildman–Crippen LogP) is 0.354. The number of carbonyl (C=O) groups excluding carboxylic acids is 2. The number of hydrogen-bond acceptors (Lipinski definition) is 4. The molecule has 1 aliphatic carbocycles. The van der Waals surface area contributed by atoms with Crippen LogP contribution in [0.4, 0.5) is 0 Å². The van der Waals surface area contributed by atoms with E-state index in [1.807, 2.05) is 0 Å². The summed E-state index contributed by atoms with van der Waals surface area (Å²) in [6.07, 6.45) is 2.46. The predicted molar refractivity (Wildman–Crippen MR) is 64.2 cm³/mol. The first-order valence-electron chi connectivity index (χ1n) is 5.92. The molecule has 1 aliphatic rings. The van der Waals surface area contributed by atoms with Gasteiger partial charge in [-0.2, -0.15) is 5.10 Å². The highest BCUT2D eigenvalue weighted by Gasteiger charge is 2.26. The van der Waals surface area contributed by atoms with Crippen LogP contribution in [0.3, 0.4) is 0 Å². The number of Topliss-reactive ketones (excluding diaryl/α,β-unsaturated/α-hetero) is 1. The third kappa shape index (κ3) is 2.64. The van der Waals surface area contributed by atoms with Gasteiger partial charge in [-0.15, -0.1) is 0 Å². The zero-order valence-corrected chi connectivity index (χ0v) is 10.2. The van der Waals surface area contributed by atoms with Gasteiger partial charge in [0, 0.05) is 32.0 Å². The van der Waals surface area contributed by atoms with E-state index >= 15 is 0 Å². The van der Waals surface area contributed by atoms with Crippen LogP contribution in [0.1, 0.15) is 36.2 Å². The number of nitrogens with zero attached hydrogens (tertiary/aromatic N) is 2. The molecule has 1 amide bonds. The molecule has 1 aromatic heterocycles. The summed E-state index contributed by atoms with van der Waals surface area (Å²) in [6.45, 7) is 0. The van der Waals surface area contributed by atoms with E-state index in [-0.39, 0.29) is 29.0 Å². The molecule has 0 radical (unpaired) electrons. The van der Waals surface area contributed by atoms with Crippen LogP contribution < -0.4 is 5.56 Å². The lowest BCUT2D eigenvalue weighted by Gasteiger charge is -2.30. The van der Waals surface area contributed by atoms with Crippen molar-refractivity contribution in [3.05, 3.63) is 28.2 Å². The summed E-state index contributed by atoms with van der Waals surface area (Å²) in [5, 5.41) is 5.95. The minimum Gasteiger partial charge on any atom is -0.337 e. The van der Waals surface area contributed by atoms with E-state index in [0.717, 1.165) is 0 Å². The smallest absolute Gasteiger partial charge is 0.274 e. The van der Waals surface area contributed by atoms with E-state index in [2.05, 4.69) is 10.2 Å². The van der Waals surface area contributed by atoms with Crippen molar-refractivity contribution in [1.29, 1.82) is 0 Å². The Hall–Kier alpha value is -1.98. The Morgan fingerprint density at radius 1 is 1.33 bits per heavy atom. The first kappa shape index (κ1) is 12.5. The highest BCUT2D eigenvalue weighted by atomic mass is 16.2. The molecule has 6 nitrogen and oxygen atoms in total. The average molecular weight is 249 g/mol. The SMILES string of the molecule is CN(C(=O)c1ccc(=O)[nH]n1)C1CCC(=O)CC1. The summed E-state index contributed by atoms with van der Waals surface area (Å²) in [7, 11) is 1.70. The number of carbonyl (C=O) groups is 2. The van der Waals surface area contributed by atoms with E-state index in [0.29, 0.717) is 25.7 Å². The lowest BCUT2D eigenvalue weighted by Crippen LogP contribution is -2.40. The number of nitrogens with one attached hydrogen (secondary N) is 1. The van der Waals surface area contributed by atoms with Crippen LogP contribution in [0.5, 0.6) is 0 Å². The normalized spacial score (nSPS) is 16.6. The van der Waals surface area contributed by atoms with Crippen molar-refractivity contribution in [1.82, 2.24) is 15.1 Å². The number of aromatic amines is 1. The zero-order valence-electron chi connectivity index (χ0n) is 10.2. The Morgan fingerprint density at radius 3 is 2.56 bits per heavy atom. The maximum atomic E-state index is 12.1. The fraction of sp³-hybridized carbons (Fsp3) is 0.500. The Kier molecular flexibility index (Phi) is 3.55. The van der Waals surface area contributed by atoms with Crippen molar-refractivity contribution >= 4 is 11.7 Å². The number of hydrogen-bond donors (Lipinski definition) is 1. The van der Waals surface area contributed by atoms with Gasteiger partial charge in [0.15, 0.2) is 0 Å². The van der Waals surface area contributed by atoms with Gasteiger partial charge in [0.25, 0.3) is 11.5 Å². The van der Waals surface area contributed by atoms with Crippen molar-refractivity contribution in [3.63, 3.8) is 0 Å². The minimum absolute atomic E-state index is 0.0731. The molecule has 0 unspecified atom stereocenters. The van der Waals surface area contributed by atoms with Gasteiger partial charge in [0.05, 0.1) is 0 Å². The molecule has 0 saturated heterocycles. The van der Waals surface area contributed by atoms with Crippen LogP contribution in [0.25, 0.3) is 0 Å². The van der Waals surface area contributed by atoms with Crippen LogP contribution >= 0.6 is 0 Å². The molecule has 6 heteroatoms. The topological polar surface area (TPSA) is 83.1 Å². The van der Waals surface area contributed by atoms with Gasteiger partial charge < -0.3 is 4.90 Å². The molecule has 1 fully saturated rings. The third-order valence-electron chi connectivity index (χ3n) is 3.28. The minimum atomic E-state index is -0.336. The van der Waals surface area contributed by atoms with Gasteiger partial charge in [0.2, 0.25) is 0 Å². The Balaban J connectivity index is 2.06. The quantitative estimate of drug-likeness (QED) is 0.820. The van der Waals surface area contributed by atoms with Crippen LogP contribution in [-0.4, -0.2) is 39.9 Å². The standard InChI is InChI=1S/C12H15N3O3/c1-15(8-2-4-9(16)5-3-8)12(18)10-6-7-11(17)14-13-10/h6-8H,2-5H2,1H3,(H,14,17). The molecule has 2 rings (SSSR count). The zero-order chi connectivity index (χ0) is 13.1. The fourth-order valence-corrected chi connectivity index (χ4v) is 2.12. The molecule has 0 bridgehead atoms. The molecule has 96 valence electrons. The molecule has 0 atom stereocenters. The van der Waals surface area contributed by atoms with Crippen molar-refractivity contribution < 1.29 is 9.59 Å². The van der Waals surface area contributed by atoms with Gasteiger partial charge in [0.1, 0.15) is 11.5 Å². The van der Waals surface area contributed by atoms with E-state index in [9.17, 15) is 14.4 Å². The Morgan fingerprint density at radius 2 is 2.00 bits per heavy atom. The van der Waals surface area contributed by atoms with Crippen LogP contribution in [-0.2, 0) is 4.79 Å². The lowest BCUT2D eigenvalue weighted by atomic mass is 9.93. The summed E-state index contributed by atoms with van der Waals surface area (Å²) in [4.78, 5) is 35.7. The first-order valence-corrected chi connectivity index (χ1v) is 5.92. The molecule has 1 saturated carbocycles. The lowest BCUT2D eigenvalue weighted by molar-refractivity contribution is -0.121. The summed E-state index contributed by atoms with van der Waals surface area (Å²) in [5.41, 5.74) is -0.119. The summed E-state index contributed by atoms with van der Waals surface area (Å²) in [5.74, 6) is 0.0277. The number of ketones is 1. The Labute approximate surface area is 104 Å². The van der Waals surface area contributed by atoms with Crippen molar-refractivity contribution in [2.75, 3.05) is 7.05 Å². The molecule has 1 heterocycles. The van der Waals surface area contributed by atoms with E-state index in [1.54, 1.807) is 11.9 Å². The molecule has 0 spiro atoms. The maximum absolute atomic E-state index is 12.1. The molecule has 1 N–H and O–H groups in total. The summed E-state index contributed by atoms with van der Waals surface area (Å²) in [6, 6.07) is 2.76. The average Bonchev–Trinajstić information content (AvgIpc) is 2.39. The number of H-pyrrole nitrogens is 1. The van der Waals surface area contributed by atoms with Gasteiger partial charge >= 0.3 is 0 Å². The van der Waals surface area contributed by atoms with Crippen LogP contribution in [0, 0.1) is 0 Å². The van der Waals surface area contributed by atoms with E-state index < -0.39 is 0 Å². The number of aromatic nitrogens is 2. The van der Waals surface area contributed by atoms with Crippen molar-refractivity contribution in [3.8, 4) is 0 Å². The fourth-order valence-electron chi connectivity index (χ4n) is 2.12. The second kappa shape index (κ2) is 5.12. The first-order chi connectivity index (χ1) is 8.58. The maximum Gasteiger partial charge on any atom is 0.274 e. The van der Waals surface area contributed by atoms with E-state index in [4.69, 9.17) is 0 Å². The van der Waals surface area contributed by atoms with Gasteiger partial charge in [-0.1, -0.05) is 0 Å². The third-order valence-corrected chi connectivity index (χ3v) is 3.28. The summed E-state index contributed by atoms with van der Waals surface area (Å²) < 4.78 is 0. The summed E-state index contributed by atoms with van der Waals surface area (Å²) >= 11 is 0. The molecular weight excluding hydrogens is 234 g/mol. The van der Waals surface area contributed by atoms with Gasteiger partial charge in [-0.05, 0) is 18.9 Å². The second-order valence-electron chi connectivity index (χ2n) is 4.49. The largest absolute Gasteiger partial charge is 0.337 e. The molecule has 1 aromatic rings. The highest BCUT2D eigenvalue weighted by Crippen LogP contribution is 2.20. The second-order valence-corrected chi connectivity index (χ2v) is 4.49. The van der Waals surface area contributed by atoms with Crippen LogP contribution in [0.2, 0.25) is 0 Å². The highest BCUT2D eigenvalue weighted by molar-refractivity contribution is 5.92. The molecular formula is C12H15N3O3. The molecule has 0 aliphatic heterocycles.